The summed E-state index contributed by atoms with van der Waals surface area (Å²) in [4.78, 5) is 28.2. The van der Waals surface area contributed by atoms with E-state index < -0.39 is 17.7 Å². The van der Waals surface area contributed by atoms with Crippen LogP contribution < -0.4 is 4.74 Å². The summed E-state index contributed by atoms with van der Waals surface area (Å²) < 4.78 is 11.3. The van der Waals surface area contributed by atoms with E-state index in [1.807, 2.05) is 42.6 Å². The molecule has 6 nitrogen and oxygen atoms in total. The van der Waals surface area contributed by atoms with Gasteiger partial charge in [0.05, 0.1) is 18.4 Å². The van der Waals surface area contributed by atoms with Gasteiger partial charge in [0.2, 0.25) is 0 Å². The monoisotopic (exact) mass is 485 g/mol. The van der Waals surface area contributed by atoms with Crippen LogP contribution in [-0.2, 0) is 22.7 Å². The molecule has 1 fully saturated rings. The number of furan rings is 1. The fraction of sp³-hybridized carbons (Fsp3) is 0.143. The van der Waals surface area contributed by atoms with E-state index in [2.05, 4.69) is 6.07 Å². The van der Waals surface area contributed by atoms with E-state index in [4.69, 9.17) is 9.15 Å². The fourth-order valence-electron chi connectivity index (χ4n) is 4.19. The summed E-state index contributed by atoms with van der Waals surface area (Å²) in [6.07, 6.45) is 1.52. The molecule has 2 aromatic heterocycles. The van der Waals surface area contributed by atoms with Gasteiger partial charge in [0.25, 0.3) is 11.7 Å². The number of likely N-dealkylation sites (tertiary alicyclic amines) is 1. The Balaban J connectivity index is 1.43. The Hall–Kier alpha value is -4.10. The quantitative estimate of drug-likeness (QED) is 0.202. The molecule has 0 aliphatic carbocycles. The first-order valence-corrected chi connectivity index (χ1v) is 12.0. The molecule has 176 valence electrons. The van der Waals surface area contributed by atoms with E-state index in [0.29, 0.717) is 23.7 Å². The van der Waals surface area contributed by atoms with Gasteiger partial charge in [-0.3, -0.25) is 9.59 Å². The minimum atomic E-state index is -0.716. The van der Waals surface area contributed by atoms with E-state index in [1.54, 1.807) is 36.4 Å². The van der Waals surface area contributed by atoms with E-state index in [9.17, 15) is 14.7 Å². The zero-order valence-corrected chi connectivity index (χ0v) is 19.8. The standard InChI is InChI=1S/C28H23NO5S/c1-18-5-2-6-19(15-18)17-34-21-11-9-20(10-12-21)26(30)24-25(23-8-4-14-35-23)29(28(32)27(24)31)16-22-7-3-13-33-22/h2-15,25,30H,16-17H2,1H3/b26-24+/t25-/m1/s1. The van der Waals surface area contributed by atoms with Gasteiger partial charge in [-0.05, 0) is 60.3 Å². The lowest BCUT2D eigenvalue weighted by Crippen LogP contribution is -2.28. The normalized spacial score (nSPS) is 17.2. The lowest BCUT2D eigenvalue weighted by Gasteiger charge is -2.23. The Labute approximate surface area is 206 Å². The second-order valence-electron chi connectivity index (χ2n) is 8.32. The average molecular weight is 486 g/mol. The smallest absolute Gasteiger partial charge is 0.296 e. The number of carbonyl (C=O) groups is 2. The molecule has 1 saturated heterocycles. The molecule has 7 heteroatoms. The minimum absolute atomic E-state index is 0.0671. The first-order valence-electron chi connectivity index (χ1n) is 11.1. The highest BCUT2D eigenvalue weighted by Crippen LogP contribution is 2.42. The number of thiophene rings is 1. The van der Waals surface area contributed by atoms with Crippen molar-refractivity contribution in [2.45, 2.75) is 26.1 Å². The van der Waals surface area contributed by atoms with Gasteiger partial charge in [-0.2, -0.15) is 0 Å². The summed E-state index contributed by atoms with van der Waals surface area (Å²) in [5, 5.41) is 13.0. The molecular weight excluding hydrogens is 462 g/mol. The number of ether oxygens (including phenoxy) is 1. The summed E-state index contributed by atoms with van der Waals surface area (Å²) in [6.45, 7) is 2.58. The molecule has 35 heavy (non-hydrogen) atoms. The molecule has 1 aliphatic heterocycles. The van der Waals surface area contributed by atoms with Crippen molar-refractivity contribution < 1.29 is 23.8 Å². The number of nitrogens with zero attached hydrogens (tertiary/aromatic N) is 1. The van der Waals surface area contributed by atoms with Crippen molar-refractivity contribution >= 4 is 28.8 Å². The van der Waals surface area contributed by atoms with Gasteiger partial charge < -0.3 is 19.2 Å². The molecule has 1 atom stereocenters. The summed E-state index contributed by atoms with van der Waals surface area (Å²) in [5.41, 5.74) is 2.72. The molecule has 0 spiro atoms. The molecule has 1 aliphatic rings. The van der Waals surface area contributed by atoms with E-state index in [0.717, 1.165) is 16.0 Å². The summed E-state index contributed by atoms with van der Waals surface area (Å²) in [6, 6.07) is 21.4. The molecule has 0 radical (unpaired) electrons. The van der Waals surface area contributed by atoms with E-state index in [1.165, 1.54) is 22.5 Å². The van der Waals surface area contributed by atoms with E-state index in [-0.39, 0.29) is 17.9 Å². The van der Waals surface area contributed by atoms with Gasteiger partial charge in [0, 0.05) is 10.4 Å². The van der Waals surface area contributed by atoms with Crippen molar-refractivity contribution in [2.75, 3.05) is 0 Å². The van der Waals surface area contributed by atoms with E-state index >= 15 is 0 Å². The third-order valence-corrected chi connectivity index (χ3v) is 6.80. The third kappa shape index (κ3) is 4.63. The van der Waals surface area contributed by atoms with Gasteiger partial charge in [-0.1, -0.05) is 35.9 Å². The minimum Gasteiger partial charge on any atom is -0.507 e. The molecule has 2 aromatic carbocycles. The van der Waals surface area contributed by atoms with Crippen LogP contribution in [0.1, 0.15) is 33.4 Å². The van der Waals surface area contributed by atoms with Crippen LogP contribution in [0.25, 0.3) is 5.76 Å². The van der Waals surface area contributed by atoms with Crippen LogP contribution in [0.5, 0.6) is 5.75 Å². The number of hydrogen-bond acceptors (Lipinski definition) is 6. The number of carbonyl (C=O) groups excluding carboxylic acids is 2. The second-order valence-corrected chi connectivity index (χ2v) is 9.30. The van der Waals surface area contributed by atoms with Crippen LogP contribution >= 0.6 is 11.3 Å². The van der Waals surface area contributed by atoms with Crippen molar-refractivity contribution in [3.63, 3.8) is 0 Å². The van der Waals surface area contributed by atoms with Gasteiger partial charge in [-0.15, -0.1) is 11.3 Å². The van der Waals surface area contributed by atoms with Crippen LogP contribution in [0, 0.1) is 6.92 Å². The summed E-state index contributed by atoms with van der Waals surface area (Å²) >= 11 is 1.42. The predicted octanol–water partition coefficient (Wildman–Crippen LogP) is 5.85. The number of aliphatic hydroxyl groups is 1. The highest BCUT2D eigenvalue weighted by atomic mass is 32.1. The largest absolute Gasteiger partial charge is 0.507 e. The molecule has 4 aromatic rings. The molecule has 0 unspecified atom stereocenters. The summed E-state index contributed by atoms with van der Waals surface area (Å²) in [5.74, 6) is -0.402. The Bertz CT molecular complexity index is 1370. The van der Waals surface area contributed by atoms with Crippen molar-refractivity contribution in [3.05, 3.63) is 117 Å². The molecular formula is C28H23NO5S. The highest BCUT2D eigenvalue weighted by Gasteiger charge is 2.46. The Morgan fingerprint density at radius 2 is 1.89 bits per heavy atom. The predicted molar refractivity (Wildman–Crippen MR) is 133 cm³/mol. The molecule has 1 amide bonds. The first kappa shape index (κ1) is 22.7. The third-order valence-electron chi connectivity index (χ3n) is 5.87. The van der Waals surface area contributed by atoms with Crippen molar-refractivity contribution in [1.82, 2.24) is 4.90 Å². The summed E-state index contributed by atoms with van der Waals surface area (Å²) in [7, 11) is 0. The number of hydrogen-bond donors (Lipinski definition) is 1. The maximum atomic E-state index is 13.1. The lowest BCUT2D eigenvalue weighted by atomic mass is 10.00. The van der Waals surface area contributed by atoms with Crippen LogP contribution in [0.3, 0.4) is 0 Å². The van der Waals surface area contributed by atoms with Crippen LogP contribution in [0.15, 0.2) is 94.4 Å². The molecule has 3 heterocycles. The highest BCUT2D eigenvalue weighted by molar-refractivity contribution is 7.10. The maximum absolute atomic E-state index is 13.1. The van der Waals surface area contributed by atoms with Gasteiger partial charge in [0.1, 0.15) is 29.9 Å². The zero-order chi connectivity index (χ0) is 24.4. The number of amides is 1. The molecule has 0 bridgehead atoms. The number of benzene rings is 2. The van der Waals surface area contributed by atoms with Crippen molar-refractivity contribution in [1.29, 1.82) is 0 Å². The van der Waals surface area contributed by atoms with Crippen molar-refractivity contribution in [3.8, 4) is 5.75 Å². The van der Waals surface area contributed by atoms with Crippen LogP contribution in [0.2, 0.25) is 0 Å². The molecule has 1 N–H and O–H groups in total. The molecule has 0 saturated carbocycles. The van der Waals surface area contributed by atoms with Crippen LogP contribution in [-0.4, -0.2) is 21.7 Å². The fourth-order valence-corrected chi connectivity index (χ4v) is 5.03. The Kier molecular flexibility index (Phi) is 6.25. The average Bonchev–Trinajstić information content (AvgIpc) is 3.62. The number of aryl methyl sites for hydroxylation is 1. The van der Waals surface area contributed by atoms with Gasteiger partial charge in [0.15, 0.2) is 0 Å². The SMILES string of the molecule is Cc1cccc(COc2ccc(/C(O)=C3\C(=O)C(=O)N(Cc4ccco4)[C@@H]3c3cccs3)cc2)c1. The maximum Gasteiger partial charge on any atom is 0.296 e. The van der Waals surface area contributed by atoms with Crippen molar-refractivity contribution in [2.24, 2.45) is 0 Å². The Morgan fingerprint density at radius 1 is 1.06 bits per heavy atom. The Morgan fingerprint density at radius 3 is 2.57 bits per heavy atom. The van der Waals surface area contributed by atoms with Gasteiger partial charge >= 0.3 is 0 Å². The first-order chi connectivity index (χ1) is 17.0. The number of Topliss-reactive ketones (excluding diaryl/α,β-unsaturated/α-hetero) is 1. The number of aliphatic hydroxyl groups excluding tert-OH is 1. The molecule has 5 rings (SSSR count). The topological polar surface area (TPSA) is 80.0 Å². The second kappa shape index (κ2) is 9.64. The lowest BCUT2D eigenvalue weighted by molar-refractivity contribution is -0.140. The van der Waals surface area contributed by atoms with Crippen LogP contribution in [0.4, 0.5) is 0 Å². The number of ketones is 1. The number of rotatable bonds is 7. The van der Waals surface area contributed by atoms with Gasteiger partial charge in [-0.25, -0.2) is 0 Å². The zero-order valence-electron chi connectivity index (χ0n) is 19.0.